The number of benzene rings is 2. The number of carbonyl (C=O) groups excluding carboxylic acids is 4. The van der Waals surface area contributed by atoms with Gasteiger partial charge < -0.3 is 4.90 Å². The van der Waals surface area contributed by atoms with E-state index in [1.165, 1.54) is 12.1 Å². The van der Waals surface area contributed by atoms with E-state index in [0.29, 0.717) is 48.3 Å². The molecule has 222 valence electrons. The minimum absolute atomic E-state index is 0.0412. The molecule has 10 nitrogen and oxygen atoms in total. The SMILES string of the molecule is O=C1CCN(N2C(=O)c3ccc(CN4CCC(N5CCN(c6cccc(Cl)c6Cl)CC5)C(F)(F)C4)cc3C2=O)C(=O)N1. The van der Waals surface area contributed by atoms with Gasteiger partial charge in [0.25, 0.3) is 17.7 Å². The van der Waals surface area contributed by atoms with Gasteiger partial charge in [0.05, 0.1) is 46.0 Å². The molecule has 1 N–H and O–H groups in total. The summed E-state index contributed by atoms with van der Waals surface area (Å²) >= 11 is 12.5. The van der Waals surface area contributed by atoms with E-state index in [4.69, 9.17) is 23.2 Å². The predicted molar refractivity (Wildman–Crippen MR) is 151 cm³/mol. The topological polar surface area (TPSA) is 96.5 Å². The number of piperidine rings is 1. The van der Waals surface area contributed by atoms with Crippen molar-refractivity contribution >= 4 is 52.6 Å². The van der Waals surface area contributed by atoms with E-state index >= 15 is 8.78 Å². The second-order valence-electron chi connectivity index (χ2n) is 10.9. The third-order valence-corrected chi connectivity index (χ3v) is 9.09. The number of hydrogen-bond acceptors (Lipinski definition) is 7. The Bertz CT molecular complexity index is 1470. The lowest BCUT2D eigenvalue weighted by atomic mass is 9.97. The Labute approximate surface area is 250 Å². The van der Waals surface area contributed by atoms with Gasteiger partial charge in [-0.15, -0.1) is 0 Å². The van der Waals surface area contributed by atoms with Crippen LogP contribution in [0, 0.1) is 0 Å². The zero-order valence-electron chi connectivity index (χ0n) is 22.5. The fraction of sp³-hybridized carbons (Fsp3) is 0.429. The molecule has 6 rings (SSSR count). The lowest BCUT2D eigenvalue weighted by Crippen LogP contribution is -2.61. The van der Waals surface area contributed by atoms with Crippen molar-refractivity contribution in [2.24, 2.45) is 0 Å². The van der Waals surface area contributed by atoms with Gasteiger partial charge in [-0.05, 0) is 36.2 Å². The van der Waals surface area contributed by atoms with E-state index < -0.39 is 42.3 Å². The number of carbonyl (C=O) groups is 4. The highest BCUT2D eigenvalue weighted by Gasteiger charge is 2.48. The number of nitrogens with one attached hydrogen (secondary N) is 1. The molecule has 4 aliphatic heterocycles. The second kappa shape index (κ2) is 11.1. The molecule has 0 spiro atoms. The van der Waals surface area contributed by atoms with Crippen LogP contribution >= 0.6 is 23.2 Å². The van der Waals surface area contributed by atoms with Crippen molar-refractivity contribution in [3.63, 3.8) is 0 Å². The van der Waals surface area contributed by atoms with Gasteiger partial charge in [-0.1, -0.05) is 35.3 Å². The van der Waals surface area contributed by atoms with Gasteiger partial charge in [0.15, 0.2) is 0 Å². The zero-order valence-corrected chi connectivity index (χ0v) is 24.0. The molecule has 4 aliphatic rings. The zero-order chi connectivity index (χ0) is 29.8. The van der Waals surface area contributed by atoms with Crippen molar-refractivity contribution in [1.82, 2.24) is 25.1 Å². The monoisotopic (exact) mass is 620 g/mol. The first-order chi connectivity index (χ1) is 20.0. The molecule has 2 aromatic carbocycles. The summed E-state index contributed by atoms with van der Waals surface area (Å²) in [5, 5.41) is 4.67. The van der Waals surface area contributed by atoms with Gasteiger partial charge in [0.1, 0.15) is 0 Å². The number of imide groups is 2. The summed E-state index contributed by atoms with van der Waals surface area (Å²) in [7, 11) is 0. The standard InChI is InChI=1S/C28H28Cl2F2N6O4/c29-20-2-1-3-21(24(20)30)35-10-12-36(13-11-35)22-6-8-34(16-28(22,31)32)15-17-4-5-18-19(14-17)26(41)38(25(18)40)37-9-7-23(39)33-27(37)42/h1-5,14,22H,6-13,15-16H2,(H,33,39,42). The van der Waals surface area contributed by atoms with Crippen molar-refractivity contribution in [2.45, 2.75) is 31.4 Å². The van der Waals surface area contributed by atoms with Gasteiger partial charge in [-0.25, -0.2) is 18.6 Å². The molecule has 0 bridgehead atoms. The molecular weight excluding hydrogens is 593 g/mol. The number of amides is 5. The van der Waals surface area contributed by atoms with Crippen LogP contribution in [0.2, 0.25) is 10.0 Å². The number of fused-ring (bicyclic) bond motifs is 1. The maximum Gasteiger partial charge on any atom is 0.343 e. The maximum atomic E-state index is 15.5. The fourth-order valence-corrected chi connectivity index (χ4v) is 6.61. The van der Waals surface area contributed by atoms with E-state index in [1.54, 1.807) is 17.0 Å². The lowest BCUT2D eigenvalue weighted by Gasteiger charge is -2.46. The number of urea groups is 1. The number of halogens is 4. The Kier molecular flexibility index (Phi) is 7.58. The van der Waals surface area contributed by atoms with Gasteiger partial charge in [0, 0.05) is 45.7 Å². The van der Waals surface area contributed by atoms with Crippen molar-refractivity contribution in [3.8, 4) is 0 Å². The number of likely N-dealkylation sites (tertiary alicyclic amines) is 1. The van der Waals surface area contributed by atoms with Crippen LogP contribution in [0.5, 0.6) is 0 Å². The quantitative estimate of drug-likeness (QED) is 0.511. The van der Waals surface area contributed by atoms with Crippen LogP contribution in [0.4, 0.5) is 19.3 Å². The van der Waals surface area contributed by atoms with Gasteiger partial charge in [-0.3, -0.25) is 29.5 Å². The molecule has 14 heteroatoms. The van der Waals surface area contributed by atoms with Crippen molar-refractivity contribution in [2.75, 3.05) is 50.7 Å². The molecule has 0 aliphatic carbocycles. The first-order valence-corrected chi connectivity index (χ1v) is 14.5. The molecule has 3 fully saturated rings. The Morgan fingerprint density at radius 3 is 2.36 bits per heavy atom. The van der Waals surface area contributed by atoms with Crippen LogP contribution in [0.15, 0.2) is 36.4 Å². The average Bonchev–Trinajstić information content (AvgIpc) is 3.19. The molecule has 5 amide bonds. The Morgan fingerprint density at radius 2 is 1.64 bits per heavy atom. The number of anilines is 1. The Morgan fingerprint density at radius 1 is 0.905 bits per heavy atom. The fourth-order valence-electron chi connectivity index (χ4n) is 6.19. The largest absolute Gasteiger partial charge is 0.368 e. The molecule has 3 saturated heterocycles. The number of hydrogen-bond donors (Lipinski definition) is 1. The van der Waals surface area contributed by atoms with Crippen molar-refractivity contribution < 1.29 is 28.0 Å². The minimum Gasteiger partial charge on any atom is -0.368 e. The second-order valence-corrected chi connectivity index (χ2v) is 11.7. The van der Waals surface area contributed by atoms with Gasteiger partial charge >= 0.3 is 6.03 Å². The average molecular weight is 621 g/mol. The molecule has 0 aromatic heterocycles. The number of piperazine rings is 1. The number of nitrogens with zero attached hydrogens (tertiary/aromatic N) is 5. The van der Waals surface area contributed by atoms with E-state index in [-0.39, 0.29) is 37.1 Å². The van der Waals surface area contributed by atoms with Gasteiger partial charge in [-0.2, -0.15) is 5.01 Å². The van der Waals surface area contributed by atoms with Crippen LogP contribution in [-0.4, -0.2) is 101 Å². The smallest absolute Gasteiger partial charge is 0.343 e. The summed E-state index contributed by atoms with van der Waals surface area (Å²) < 4.78 is 31.0. The highest BCUT2D eigenvalue weighted by atomic mass is 35.5. The van der Waals surface area contributed by atoms with Crippen LogP contribution in [0.1, 0.15) is 39.1 Å². The Hall–Kier alpha value is -3.32. The van der Waals surface area contributed by atoms with Crippen LogP contribution in [0.3, 0.4) is 0 Å². The van der Waals surface area contributed by atoms with Crippen molar-refractivity contribution in [3.05, 3.63) is 63.1 Å². The minimum atomic E-state index is -2.95. The summed E-state index contributed by atoms with van der Waals surface area (Å²) in [6.45, 7) is 2.16. The van der Waals surface area contributed by atoms with Crippen LogP contribution in [-0.2, 0) is 11.3 Å². The summed E-state index contributed by atoms with van der Waals surface area (Å²) in [5.74, 6) is -4.80. The normalized spacial score (nSPS) is 23.4. The summed E-state index contributed by atoms with van der Waals surface area (Å²) in [4.78, 5) is 55.3. The third kappa shape index (κ3) is 5.21. The highest BCUT2D eigenvalue weighted by Crippen LogP contribution is 2.36. The van der Waals surface area contributed by atoms with E-state index in [2.05, 4.69) is 10.2 Å². The number of hydrazine groups is 1. The summed E-state index contributed by atoms with van der Waals surface area (Å²) in [5.41, 5.74) is 1.63. The third-order valence-electron chi connectivity index (χ3n) is 8.28. The lowest BCUT2D eigenvalue weighted by molar-refractivity contribution is -0.129. The molecule has 1 atom stereocenters. The summed E-state index contributed by atoms with van der Waals surface area (Å²) in [6, 6.07) is 8.32. The first-order valence-electron chi connectivity index (χ1n) is 13.7. The van der Waals surface area contributed by atoms with E-state index in [1.807, 2.05) is 17.0 Å². The highest BCUT2D eigenvalue weighted by molar-refractivity contribution is 6.43. The van der Waals surface area contributed by atoms with E-state index in [0.717, 1.165) is 15.7 Å². The molecule has 0 saturated carbocycles. The molecule has 42 heavy (non-hydrogen) atoms. The van der Waals surface area contributed by atoms with E-state index in [9.17, 15) is 19.2 Å². The van der Waals surface area contributed by atoms with Crippen molar-refractivity contribution in [1.29, 1.82) is 0 Å². The molecule has 4 heterocycles. The first kappa shape index (κ1) is 28.8. The number of alkyl halides is 2. The predicted octanol–water partition coefficient (Wildman–Crippen LogP) is 3.48. The molecule has 1 unspecified atom stereocenters. The molecular formula is C28H28Cl2F2N6O4. The van der Waals surface area contributed by atoms with Gasteiger partial charge in [0.2, 0.25) is 5.91 Å². The Balaban J connectivity index is 1.08. The number of rotatable bonds is 5. The summed E-state index contributed by atoms with van der Waals surface area (Å²) in [6.07, 6.45) is 0.240. The molecule has 2 aromatic rings. The van der Waals surface area contributed by atoms with Crippen LogP contribution < -0.4 is 10.2 Å². The van der Waals surface area contributed by atoms with Crippen LogP contribution in [0.25, 0.3) is 0 Å². The maximum absolute atomic E-state index is 15.5. The molecule has 0 radical (unpaired) electrons.